The molecule has 1 aliphatic rings. The number of carbonyl (C=O) groups is 1. The maximum atomic E-state index is 11.6. The summed E-state index contributed by atoms with van der Waals surface area (Å²) in [4.78, 5) is 13.5. The van der Waals surface area contributed by atoms with E-state index < -0.39 is 0 Å². The summed E-state index contributed by atoms with van der Waals surface area (Å²) in [6.45, 7) is 8.44. The largest absolute Gasteiger partial charge is 0.396 e. The molecule has 104 valence electrons. The average molecular weight is 254 g/mol. The third-order valence-corrected chi connectivity index (χ3v) is 3.66. The Hall–Kier alpha value is -0.870. The van der Waals surface area contributed by atoms with Crippen molar-refractivity contribution in [2.75, 3.05) is 26.2 Å². The van der Waals surface area contributed by atoms with E-state index in [9.17, 15) is 4.79 Å². The molecule has 1 rings (SSSR count). The van der Waals surface area contributed by atoms with Gasteiger partial charge in [0.15, 0.2) is 0 Å². The molecule has 1 aliphatic heterocycles. The summed E-state index contributed by atoms with van der Waals surface area (Å²) in [5.74, 6) is 0.760. The predicted molar refractivity (Wildman–Crippen MR) is 73.3 cm³/mol. The molecular formula is C14H26N2O2. The highest BCUT2D eigenvalue weighted by Gasteiger charge is 2.24. The van der Waals surface area contributed by atoms with E-state index in [1.54, 1.807) is 6.08 Å². The zero-order valence-corrected chi connectivity index (χ0v) is 11.4. The number of hydrogen-bond donors (Lipinski definition) is 2. The Labute approximate surface area is 110 Å². The number of nitrogens with zero attached hydrogens (tertiary/aromatic N) is 1. The van der Waals surface area contributed by atoms with E-state index in [4.69, 9.17) is 5.11 Å². The SMILES string of the molecule is C=CCN1CC(NCC(CC)CCO)CCC1=O. The highest BCUT2D eigenvalue weighted by atomic mass is 16.3. The van der Waals surface area contributed by atoms with Crippen LogP contribution in [0.1, 0.15) is 32.6 Å². The third-order valence-electron chi connectivity index (χ3n) is 3.66. The first-order valence-corrected chi connectivity index (χ1v) is 6.94. The van der Waals surface area contributed by atoms with Gasteiger partial charge in [0.05, 0.1) is 0 Å². The summed E-state index contributed by atoms with van der Waals surface area (Å²) >= 11 is 0. The van der Waals surface area contributed by atoms with Crippen LogP contribution in [-0.4, -0.2) is 48.2 Å². The lowest BCUT2D eigenvalue weighted by Crippen LogP contribution is -2.49. The Balaban J connectivity index is 2.34. The van der Waals surface area contributed by atoms with E-state index in [-0.39, 0.29) is 12.5 Å². The van der Waals surface area contributed by atoms with Crippen molar-refractivity contribution in [2.24, 2.45) is 5.92 Å². The quantitative estimate of drug-likeness (QED) is 0.639. The highest BCUT2D eigenvalue weighted by molar-refractivity contribution is 5.77. The van der Waals surface area contributed by atoms with Gasteiger partial charge >= 0.3 is 0 Å². The van der Waals surface area contributed by atoms with Crippen molar-refractivity contribution in [3.8, 4) is 0 Å². The van der Waals surface area contributed by atoms with Crippen LogP contribution in [-0.2, 0) is 4.79 Å². The molecule has 0 spiro atoms. The van der Waals surface area contributed by atoms with E-state index in [0.717, 1.165) is 32.4 Å². The van der Waals surface area contributed by atoms with Crippen molar-refractivity contribution >= 4 is 5.91 Å². The summed E-state index contributed by atoms with van der Waals surface area (Å²) < 4.78 is 0. The van der Waals surface area contributed by atoms with Gasteiger partial charge < -0.3 is 15.3 Å². The second-order valence-corrected chi connectivity index (χ2v) is 5.02. The summed E-state index contributed by atoms with van der Waals surface area (Å²) in [5.41, 5.74) is 0. The standard InChI is InChI=1S/C14H26N2O2/c1-3-8-16-11-13(5-6-14(16)18)15-10-12(4-2)7-9-17/h3,12-13,15,17H,1,4-11H2,2H3. The van der Waals surface area contributed by atoms with Gasteiger partial charge in [0, 0.05) is 32.2 Å². The molecule has 18 heavy (non-hydrogen) atoms. The molecule has 1 saturated heterocycles. The number of piperidine rings is 1. The number of nitrogens with one attached hydrogen (secondary N) is 1. The molecule has 1 fully saturated rings. The van der Waals surface area contributed by atoms with Gasteiger partial charge in [-0.25, -0.2) is 0 Å². The number of hydrogen-bond acceptors (Lipinski definition) is 3. The van der Waals surface area contributed by atoms with Crippen molar-refractivity contribution in [1.29, 1.82) is 0 Å². The molecule has 1 amide bonds. The summed E-state index contributed by atoms with van der Waals surface area (Å²) in [7, 11) is 0. The minimum absolute atomic E-state index is 0.232. The number of amides is 1. The van der Waals surface area contributed by atoms with Crippen LogP contribution in [0, 0.1) is 5.92 Å². The van der Waals surface area contributed by atoms with Crippen LogP contribution >= 0.6 is 0 Å². The molecule has 0 aromatic rings. The lowest BCUT2D eigenvalue weighted by molar-refractivity contribution is -0.133. The van der Waals surface area contributed by atoms with Gasteiger partial charge in [-0.3, -0.25) is 4.79 Å². The van der Waals surface area contributed by atoms with Crippen LogP contribution in [0.4, 0.5) is 0 Å². The number of aliphatic hydroxyl groups is 1. The second-order valence-electron chi connectivity index (χ2n) is 5.02. The maximum Gasteiger partial charge on any atom is 0.222 e. The molecular weight excluding hydrogens is 228 g/mol. The number of likely N-dealkylation sites (tertiary alicyclic amines) is 1. The Morgan fingerprint density at radius 3 is 3.06 bits per heavy atom. The smallest absolute Gasteiger partial charge is 0.222 e. The Kier molecular flexibility index (Phi) is 6.98. The molecule has 1 heterocycles. The summed E-state index contributed by atoms with van der Waals surface area (Å²) in [5, 5.41) is 12.5. The van der Waals surface area contributed by atoms with Crippen LogP contribution < -0.4 is 5.32 Å². The maximum absolute atomic E-state index is 11.6. The fraction of sp³-hybridized carbons (Fsp3) is 0.786. The van der Waals surface area contributed by atoms with E-state index in [2.05, 4.69) is 18.8 Å². The molecule has 0 radical (unpaired) electrons. The van der Waals surface area contributed by atoms with Gasteiger partial charge in [-0.2, -0.15) is 0 Å². The van der Waals surface area contributed by atoms with Gasteiger partial charge in [0.25, 0.3) is 0 Å². The minimum atomic E-state index is 0.232. The molecule has 0 aliphatic carbocycles. The van der Waals surface area contributed by atoms with Crippen LogP contribution in [0.15, 0.2) is 12.7 Å². The van der Waals surface area contributed by atoms with Crippen molar-refractivity contribution in [3.05, 3.63) is 12.7 Å². The Morgan fingerprint density at radius 2 is 2.44 bits per heavy atom. The van der Waals surface area contributed by atoms with Crippen LogP contribution in [0.25, 0.3) is 0 Å². The fourth-order valence-electron chi connectivity index (χ4n) is 2.38. The zero-order valence-electron chi connectivity index (χ0n) is 11.4. The van der Waals surface area contributed by atoms with Gasteiger partial charge in [-0.05, 0) is 25.3 Å². The van der Waals surface area contributed by atoms with Crippen LogP contribution in [0.2, 0.25) is 0 Å². The molecule has 4 heteroatoms. The van der Waals surface area contributed by atoms with Crippen molar-refractivity contribution in [3.63, 3.8) is 0 Å². The van der Waals surface area contributed by atoms with Crippen molar-refractivity contribution < 1.29 is 9.90 Å². The van der Waals surface area contributed by atoms with E-state index in [1.165, 1.54) is 0 Å². The molecule has 0 aromatic heterocycles. The lowest BCUT2D eigenvalue weighted by atomic mass is 10.0. The first kappa shape index (κ1) is 15.2. The van der Waals surface area contributed by atoms with Gasteiger partial charge in [-0.1, -0.05) is 19.4 Å². The predicted octanol–water partition coefficient (Wildman–Crippen LogP) is 1.16. The van der Waals surface area contributed by atoms with E-state index >= 15 is 0 Å². The number of rotatable bonds is 8. The van der Waals surface area contributed by atoms with Crippen LogP contribution in [0.5, 0.6) is 0 Å². The molecule has 0 saturated carbocycles. The monoisotopic (exact) mass is 254 g/mol. The number of aliphatic hydroxyl groups excluding tert-OH is 1. The molecule has 0 bridgehead atoms. The molecule has 4 nitrogen and oxygen atoms in total. The topological polar surface area (TPSA) is 52.6 Å². The molecule has 0 aromatic carbocycles. The van der Waals surface area contributed by atoms with Crippen molar-refractivity contribution in [1.82, 2.24) is 10.2 Å². The lowest BCUT2D eigenvalue weighted by Gasteiger charge is -2.33. The van der Waals surface area contributed by atoms with Crippen molar-refractivity contribution in [2.45, 2.75) is 38.6 Å². The number of carbonyl (C=O) groups excluding carboxylic acids is 1. The van der Waals surface area contributed by atoms with Gasteiger partial charge in [0.1, 0.15) is 0 Å². The summed E-state index contributed by atoms with van der Waals surface area (Å²) in [6, 6.07) is 0.385. The van der Waals surface area contributed by atoms with Gasteiger partial charge in [0.2, 0.25) is 5.91 Å². The Morgan fingerprint density at radius 1 is 1.67 bits per heavy atom. The third kappa shape index (κ3) is 4.78. The summed E-state index contributed by atoms with van der Waals surface area (Å²) in [6.07, 6.45) is 5.26. The highest BCUT2D eigenvalue weighted by Crippen LogP contribution is 2.13. The second kappa shape index (κ2) is 8.27. The average Bonchev–Trinajstić information content (AvgIpc) is 2.38. The van der Waals surface area contributed by atoms with Gasteiger partial charge in [-0.15, -0.1) is 6.58 Å². The van der Waals surface area contributed by atoms with E-state index in [1.807, 2.05) is 4.90 Å². The first-order chi connectivity index (χ1) is 8.71. The Bertz CT molecular complexity index is 269. The normalized spacial score (nSPS) is 22.0. The van der Waals surface area contributed by atoms with Crippen LogP contribution in [0.3, 0.4) is 0 Å². The zero-order chi connectivity index (χ0) is 13.4. The fourth-order valence-corrected chi connectivity index (χ4v) is 2.38. The minimum Gasteiger partial charge on any atom is -0.396 e. The molecule has 2 N–H and O–H groups in total. The van der Waals surface area contributed by atoms with E-state index in [0.29, 0.717) is 24.9 Å². The molecule has 2 unspecified atom stereocenters. The first-order valence-electron chi connectivity index (χ1n) is 6.94. The molecule has 2 atom stereocenters.